The molecule has 4 rings (SSSR count). The van der Waals surface area contributed by atoms with Crippen molar-refractivity contribution in [3.05, 3.63) is 27.5 Å². The highest BCUT2D eigenvalue weighted by Crippen LogP contribution is 2.40. The molecule has 2 aromatic heterocycles. The standard InChI is InChI=1S/C15H15ClF2N4O2.BrH/c16-12-10(18)11-9(5-19-12)13(23)21-14(20-11)24-7-15-2-1-3-22(15)6-8(17)4-15;/h5,8H,1-4,6-7H2,(H,20,21,23);1H/t8-,15+;/m1./s1. The number of pyridine rings is 1. The molecule has 4 heterocycles. The number of aromatic nitrogens is 3. The van der Waals surface area contributed by atoms with Crippen molar-refractivity contribution in [2.45, 2.75) is 31.0 Å². The Morgan fingerprint density at radius 3 is 3.12 bits per heavy atom. The summed E-state index contributed by atoms with van der Waals surface area (Å²) in [6.45, 7) is 1.44. The first-order chi connectivity index (χ1) is 11.5. The summed E-state index contributed by atoms with van der Waals surface area (Å²) in [5, 5.41) is -0.363. The second kappa shape index (κ2) is 6.77. The van der Waals surface area contributed by atoms with Gasteiger partial charge in [-0.25, -0.2) is 13.8 Å². The Morgan fingerprint density at radius 2 is 2.32 bits per heavy atom. The quantitative estimate of drug-likeness (QED) is 0.748. The third kappa shape index (κ3) is 3.13. The number of ether oxygens (including phenoxy) is 1. The molecule has 2 saturated heterocycles. The van der Waals surface area contributed by atoms with Crippen LogP contribution in [0.15, 0.2) is 11.0 Å². The van der Waals surface area contributed by atoms with E-state index in [9.17, 15) is 13.6 Å². The number of hydrogen-bond acceptors (Lipinski definition) is 5. The molecule has 2 fully saturated rings. The first-order valence-electron chi connectivity index (χ1n) is 7.74. The van der Waals surface area contributed by atoms with E-state index in [1.54, 1.807) is 0 Å². The van der Waals surface area contributed by atoms with Gasteiger partial charge < -0.3 is 4.74 Å². The third-order valence-electron chi connectivity index (χ3n) is 4.87. The molecule has 0 aliphatic carbocycles. The van der Waals surface area contributed by atoms with Gasteiger partial charge in [-0.15, -0.1) is 17.0 Å². The number of aromatic amines is 1. The summed E-state index contributed by atoms with van der Waals surface area (Å²) >= 11 is 5.63. The molecule has 0 bridgehead atoms. The van der Waals surface area contributed by atoms with Crippen molar-refractivity contribution in [3.8, 4) is 6.01 Å². The zero-order valence-corrected chi connectivity index (χ0v) is 15.6. The molecule has 6 nitrogen and oxygen atoms in total. The summed E-state index contributed by atoms with van der Waals surface area (Å²) in [4.78, 5) is 24.2. The molecule has 1 N–H and O–H groups in total. The van der Waals surface area contributed by atoms with E-state index in [-0.39, 0.29) is 51.2 Å². The second-order valence-corrected chi connectivity index (χ2v) is 6.72. The molecule has 0 aromatic carbocycles. The van der Waals surface area contributed by atoms with E-state index in [4.69, 9.17) is 16.3 Å². The van der Waals surface area contributed by atoms with Crippen LogP contribution in [0.4, 0.5) is 8.78 Å². The first-order valence-corrected chi connectivity index (χ1v) is 8.12. The number of H-pyrrole nitrogens is 1. The minimum absolute atomic E-state index is 0. The minimum Gasteiger partial charge on any atom is -0.463 e. The largest absolute Gasteiger partial charge is 0.463 e. The average molecular weight is 438 g/mol. The summed E-state index contributed by atoms with van der Waals surface area (Å²) in [5.74, 6) is -0.865. The number of nitrogens with zero attached hydrogens (tertiary/aromatic N) is 3. The highest BCUT2D eigenvalue weighted by Gasteiger charge is 2.49. The predicted octanol–water partition coefficient (Wildman–Crippen LogP) is 2.64. The van der Waals surface area contributed by atoms with E-state index in [0.717, 1.165) is 19.4 Å². The Labute approximate surface area is 157 Å². The van der Waals surface area contributed by atoms with E-state index < -0.39 is 17.5 Å². The van der Waals surface area contributed by atoms with Crippen molar-refractivity contribution in [2.75, 3.05) is 19.7 Å². The fraction of sp³-hybridized carbons (Fsp3) is 0.533. The summed E-state index contributed by atoms with van der Waals surface area (Å²) in [6, 6.07) is -0.0998. The van der Waals surface area contributed by atoms with Gasteiger partial charge in [0, 0.05) is 19.2 Å². The van der Waals surface area contributed by atoms with Gasteiger partial charge in [-0.05, 0) is 19.4 Å². The lowest BCUT2D eigenvalue weighted by Gasteiger charge is -2.30. The maximum absolute atomic E-state index is 14.0. The Hall–Kier alpha value is -1.32. The summed E-state index contributed by atoms with van der Waals surface area (Å²) in [5.41, 5.74) is -1.13. The highest BCUT2D eigenvalue weighted by molar-refractivity contribution is 8.93. The van der Waals surface area contributed by atoms with E-state index in [0.29, 0.717) is 13.0 Å². The van der Waals surface area contributed by atoms with Gasteiger partial charge in [0.15, 0.2) is 11.0 Å². The molecule has 0 unspecified atom stereocenters. The van der Waals surface area contributed by atoms with Crippen LogP contribution in [0, 0.1) is 5.82 Å². The van der Waals surface area contributed by atoms with Crippen LogP contribution in [0.3, 0.4) is 0 Å². The Morgan fingerprint density at radius 1 is 1.52 bits per heavy atom. The molecule has 2 atom stereocenters. The van der Waals surface area contributed by atoms with Gasteiger partial charge in [0.2, 0.25) is 0 Å². The first kappa shape index (κ1) is 18.5. The number of alkyl halides is 1. The van der Waals surface area contributed by atoms with Crippen molar-refractivity contribution < 1.29 is 13.5 Å². The van der Waals surface area contributed by atoms with Gasteiger partial charge in [0.05, 0.1) is 10.9 Å². The van der Waals surface area contributed by atoms with Crippen LogP contribution in [0.1, 0.15) is 19.3 Å². The molecule has 0 saturated carbocycles. The molecule has 2 aromatic rings. The lowest BCUT2D eigenvalue weighted by Crippen LogP contribution is -2.43. The van der Waals surface area contributed by atoms with Crippen molar-refractivity contribution in [1.29, 1.82) is 0 Å². The molecule has 0 spiro atoms. The number of nitrogens with one attached hydrogen (secondary N) is 1. The second-order valence-electron chi connectivity index (χ2n) is 6.36. The molecule has 25 heavy (non-hydrogen) atoms. The van der Waals surface area contributed by atoms with Gasteiger partial charge in [0.25, 0.3) is 11.6 Å². The van der Waals surface area contributed by atoms with Crippen LogP contribution >= 0.6 is 28.6 Å². The lowest BCUT2D eigenvalue weighted by atomic mass is 9.95. The van der Waals surface area contributed by atoms with E-state index in [1.807, 2.05) is 0 Å². The smallest absolute Gasteiger partial charge is 0.297 e. The molecule has 136 valence electrons. The summed E-state index contributed by atoms with van der Waals surface area (Å²) in [7, 11) is 0. The molecule has 0 amide bonds. The maximum Gasteiger partial charge on any atom is 0.297 e. The van der Waals surface area contributed by atoms with Gasteiger partial charge >= 0.3 is 0 Å². The minimum atomic E-state index is -0.875. The van der Waals surface area contributed by atoms with E-state index >= 15 is 0 Å². The van der Waals surface area contributed by atoms with Crippen LogP contribution in [-0.4, -0.2) is 51.3 Å². The topological polar surface area (TPSA) is 71.1 Å². The third-order valence-corrected chi connectivity index (χ3v) is 5.13. The van der Waals surface area contributed by atoms with E-state index in [1.165, 1.54) is 6.20 Å². The van der Waals surface area contributed by atoms with Gasteiger partial charge in [0.1, 0.15) is 18.3 Å². The van der Waals surface area contributed by atoms with Crippen LogP contribution in [0.25, 0.3) is 10.9 Å². The number of fused-ring (bicyclic) bond motifs is 2. The Bertz CT molecular complexity index is 867. The fourth-order valence-corrected chi connectivity index (χ4v) is 3.88. The molecule has 2 aliphatic rings. The number of halogens is 4. The highest BCUT2D eigenvalue weighted by atomic mass is 79.9. The lowest BCUT2D eigenvalue weighted by molar-refractivity contribution is 0.107. The zero-order chi connectivity index (χ0) is 16.9. The van der Waals surface area contributed by atoms with Gasteiger partial charge in [-0.1, -0.05) is 11.6 Å². The summed E-state index contributed by atoms with van der Waals surface area (Å²) in [6.07, 6.45) is 2.50. The molecule has 2 aliphatic heterocycles. The van der Waals surface area contributed by atoms with Crippen LogP contribution in [0.5, 0.6) is 6.01 Å². The molecule has 10 heteroatoms. The van der Waals surface area contributed by atoms with Crippen LogP contribution < -0.4 is 10.3 Å². The van der Waals surface area contributed by atoms with Crippen molar-refractivity contribution in [2.24, 2.45) is 0 Å². The monoisotopic (exact) mass is 436 g/mol. The Kier molecular flexibility index (Phi) is 5.00. The van der Waals surface area contributed by atoms with E-state index in [2.05, 4.69) is 19.9 Å². The summed E-state index contributed by atoms with van der Waals surface area (Å²) < 4.78 is 33.4. The van der Waals surface area contributed by atoms with Crippen molar-refractivity contribution >= 4 is 39.5 Å². The number of hydrogen-bond donors (Lipinski definition) is 1. The van der Waals surface area contributed by atoms with Crippen LogP contribution in [-0.2, 0) is 0 Å². The van der Waals surface area contributed by atoms with Gasteiger partial charge in [-0.3, -0.25) is 14.7 Å². The van der Waals surface area contributed by atoms with Crippen molar-refractivity contribution in [3.63, 3.8) is 0 Å². The van der Waals surface area contributed by atoms with Crippen molar-refractivity contribution in [1.82, 2.24) is 19.9 Å². The number of rotatable bonds is 3. The Balaban J connectivity index is 0.00000182. The van der Waals surface area contributed by atoms with Crippen LogP contribution in [0.2, 0.25) is 5.15 Å². The maximum atomic E-state index is 14.0. The molecular formula is C15H16BrClF2N4O2. The zero-order valence-electron chi connectivity index (χ0n) is 13.1. The predicted molar refractivity (Wildman–Crippen MR) is 94.0 cm³/mol. The fourth-order valence-electron chi connectivity index (χ4n) is 3.74. The molecular weight excluding hydrogens is 422 g/mol. The normalized spacial score (nSPS) is 25.8. The molecule has 0 radical (unpaired) electrons. The SMILES string of the molecule is Br.O=c1[nH]c(OC[C@@]23CCCN2C[C@H](F)C3)nc2c(F)c(Cl)ncc12. The van der Waals surface area contributed by atoms with Gasteiger partial charge in [-0.2, -0.15) is 4.98 Å². The average Bonchev–Trinajstić information content (AvgIpc) is 3.05.